The Balaban J connectivity index is 2.78. The Labute approximate surface area is 82.9 Å². The zero-order valence-corrected chi connectivity index (χ0v) is 7.91. The highest BCUT2D eigenvalue weighted by atomic mass is 19.1. The maximum absolute atomic E-state index is 13.3. The molecule has 14 heavy (non-hydrogen) atoms. The van der Waals surface area contributed by atoms with E-state index in [1.54, 1.807) is 6.08 Å². The lowest BCUT2D eigenvalue weighted by molar-refractivity contribution is 0.465. The average molecular weight is 195 g/mol. The summed E-state index contributed by atoms with van der Waals surface area (Å²) >= 11 is 0. The van der Waals surface area contributed by atoms with Crippen molar-refractivity contribution in [2.75, 3.05) is 0 Å². The van der Waals surface area contributed by atoms with Gasteiger partial charge in [0.25, 0.3) is 0 Å². The molecule has 1 rings (SSSR count). The topological polar surface area (TPSA) is 46.2 Å². The Morgan fingerprint density at radius 1 is 1.57 bits per heavy atom. The highest BCUT2D eigenvalue weighted by molar-refractivity contribution is 5.29. The molecule has 0 amide bonds. The molecule has 3 N–H and O–H groups in total. The molecule has 1 aromatic carbocycles. The molecule has 0 saturated heterocycles. The van der Waals surface area contributed by atoms with Gasteiger partial charge in [-0.3, -0.25) is 0 Å². The molecule has 0 aliphatic carbocycles. The van der Waals surface area contributed by atoms with E-state index >= 15 is 0 Å². The number of phenols is 1. The molecule has 0 heterocycles. The minimum absolute atomic E-state index is 0.0813. The molecule has 3 heteroatoms. The second-order valence-corrected chi connectivity index (χ2v) is 3.18. The van der Waals surface area contributed by atoms with E-state index in [1.165, 1.54) is 12.1 Å². The van der Waals surface area contributed by atoms with Gasteiger partial charge in [0.2, 0.25) is 0 Å². The van der Waals surface area contributed by atoms with Crippen molar-refractivity contribution in [3.05, 3.63) is 42.2 Å². The van der Waals surface area contributed by atoms with Gasteiger partial charge < -0.3 is 10.8 Å². The molecule has 0 aliphatic rings. The van der Waals surface area contributed by atoms with Crippen LogP contribution in [0.4, 0.5) is 4.39 Å². The van der Waals surface area contributed by atoms with Gasteiger partial charge in [0.05, 0.1) is 0 Å². The molecule has 0 fully saturated rings. The van der Waals surface area contributed by atoms with Crippen molar-refractivity contribution in [3.8, 4) is 5.75 Å². The fourth-order valence-corrected chi connectivity index (χ4v) is 1.27. The molecule has 0 aromatic heterocycles. The third-order valence-electron chi connectivity index (χ3n) is 2.07. The van der Waals surface area contributed by atoms with Crippen LogP contribution in [0.3, 0.4) is 0 Å². The summed E-state index contributed by atoms with van der Waals surface area (Å²) < 4.78 is 13.3. The Morgan fingerprint density at radius 2 is 2.29 bits per heavy atom. The van der Waals surface area contributed by atoms with Gasteiger partial charge in [-0.2, -0.15) is 0 Å². The highest BCUT2D eigenvalue weighted by Crippen LogP contribution is 2.22. The largest absolute Gasteiger partial charge is 0.508 e. The van der Waals surface area contributed by atoms with Gasteiger partial charge in [-0.25, -0.2) is 4.39 Å². The predicted molar refractivity (Wildman–Crippen MR) is 54.4 cm³/mol. The van der Waals surface area contributed by atoms with Gasteiger partial charge in [-0.15, -0.1) is 6.58 Å². The van der Waals surface area contributed by atoms with E-state index in [4.69, 9.17) is 10.8 Å². The van der Waals surface area contributed by atoms with Crippen molar-refractivity contribution in [3.63, 3.8) is 0 Å². The van der Waals surface area contributed by atoms with Gasteiger partial charge in [-0.05, 0) is 18.9 Å². The number of rotatable bonds is 4. The summed E-state index contributed by atoms with van der Waals surface area (Å²) in [6.45, 7) is 3.57. The van der Waals surface area contributed by atoms with Crippen LogP contribution in [0.2, 0.25) is 0 Å². The van der Waals surface area contributed by atoms with Crippen LogP contribution in [0.15, 0.2) is 30.9 Å². The fourth-order valence-electron chi connectivity index (χ4n) is 1.27. The molecule has 0 bridgehead atoms. The second kappa shape index (κ2) is 4.77. The van der Waals surface area contributed by atoms with Crippen molar-refractivity contribution < 1.29 is 9.50 Å². The van der Waals surface area contributed by atoms with Gasteiger partial charge >= 0.3 is 0 Å². The van der Waals surface area contributed by atoms with Gasteiger partial charge in [-0.1, -0.05) is 12.1 Å². The molecule has 2 nitrogen and oxygen atoms in total. The molecular formula is C11H14FNO. The molecule has 0 aliphatic heterocycles. The fraction of sp³-hybridized carbons (Fsp3) is 0.273. The van der Waals surface area contributed by atoms with Crippen LogP contribution >= 0.6 is 0 Å². The molecule has 0 saturated carbocycles. The number of nitrogens with two attached hydrogens (primary N) is 1. The molecule has 1 aromatic rings. The van der Waals surface area contributed by atoms with E-state index in [1.807, 2.05) is 0 Å². The number of hydrogen-bond acceptors (Lipinski definition) is 2. The van der Waals surface area contributed by atoms with E-state index in [2.05, 4.69) is 6.58 Å². The van der Waals surface area contributed by atoms with Crippen LogP contribution in [-0.2, 0) is 0 Å². The van der Waals surface area contributed by atoms with Crippen molar-refractivity contribution in [1.29, 1.82) is 0 Å². The summed E-state index contributed by atoms with van der Waals surface area (Å²) in [5.41, 5.74) is 6.20. The molecule has 0 unspecified atom stereocenters. The number of benzene rings is 1. The highest BCUT2D eigenvalue weighted by Gasteiger charge is 2.10. The monoisotopic (exact) mass is 195 g/mol. The number of halogens is 1. The Morgan fingerprint density at radius 3 is 2.86 bits per heavy atom. The summed E-state index contributed by atoms with van der Waals surface area (Å²) in [6, 6.07) is 3.68. The third kappa shape index (κ3) is 2.57. The summed E-state index contributed by atoms with van der Waals surface area (Å²) in [4.78, 5) is 0. The lowest BCUT2D eigenvalue weighted by Gasteiger charge is -2.11. The van der Waals surface area contributed by atoms with Crippen LogP contribution in [0.25, 0.3) is 0 Å². The van der Waals surface area contributed by atoms with E-state index in [-0.39, 0.29) is 11.8 Å². The Kier molecular flexibility index (Phi) is 3.65. The maximum atomic E-state index is 13.3. The smallest absolute Gasteiger partial charge is 0.131 e. The summed E-state index contributed by atoms with van der Waals surface area (Å²) in [5.74, 6) is -0.538. The molecule has 1 atom stereocenters. The van der Waals surface area contributed by atoms with Crippen LogP contribution in [0.5, 0.6) is 5.75 Å². The first-order valence-electron chi connectivity index (χ1n) is 4.50. The van der Waals surface area contributed by atoms with Crippen LogP contribution in [-0.4, -0.2) is 5.11 Å². The lowest BCUT2D eigenvalue weighted by Crippen LogP contribution is -2.11. The molecule has 76 valence electrons. The molecule has 0 spiro atoms. The van der Waals surface area contributed by atoms with Gasteiger partial charge in [0, 0.05) is 17.7 Å². The zero-order chi connectivity index (χ0) is 10.6. The van der Waals surface area contributed by atoms with E-state index < -0.39 is 5.82 Å². The van der Waals surface area contributed by atoms with Crippen molar-refractivity contribution in [2.24, 2.45) is 5.73 Å². The third-order valence-corrected chi connectivity index (χ3v) is 2.07. The Hall–Kier alpha value is -1.35. The number of hydrogen-bond donors (Lipinski definition) is 2. The van der Waals surface area contributed by atoms with Crippen molar-refractivity contribution >= 4 is 0 Å². The number of phenolic OH excluding ortho intramolecular Hbond substituents is 1. The second-order valence-electron chi connectivity index (χ2n) is 3.18. The van der Waals surface area contributed by atoms with E-state index in [0.29, 0.717) is 12.0 Å². The van der Waals surface area contributed by atoms with Crippen LogP contribution in [0.1, 0.15) is 24.4 Å². The normalized spacial score (nSPS) is 12.4. The number of aromatic hydroxyl groups is 1. The van der Waals surface area contributed by atoms with E-state index in [9.17, 15) is 4.39 Å². The first kappa shape index (κ1) is 10.7. The minimum atomic E-state index is -0.457. The van der Waals surface area contributed by atoms with Crippen LogP contribution in [0, 0.1) is 5.82 Å². The first-order valence-corrected chi connectivity index (χ1v) is 4.50. The standard InChI is InChI=1S/C11H14FNO/c1-2-3-4-11(13)9-6-5-8(14)7-10(9)12/h2,5-7,11,14H,1,3-4,13H2/t11-/m0/s1. The van der Waals surface area contributed by atoms with Gasteiger partial charge in [0.15, 0.2) is 0 Å². The number of allylic oxidation sites excluding steroid dienone is 1. The van der Waals surface area contributed by atoms with E-state index in [0.717, 1.165) is 12.5 Å². The SMILES string of the molecule is C=CCC[C@H](N)c1ccc(O)cc1F. The molecular weight excluding hydrogens is 181 g/mol. The summed E-state index contributed by atoms with van der Waals surface area (Å²) in [5, 5.41) is 9.00. The van der Waals surface area contributed by atoms with Gasteiger partial charge in [0.1, 0.15) is 11.6 Å². The first-order chi connectivity index (χ1) is 6.65. The van der Waals surface area contributed by atoms with Crippen molar-refractivity contribution in [1.82, 2.24) is 0 Å². The Bertz CT molecular complexity index is 325. The predicted octanol–water partition coefficient (Wildman–Crippen LogP) is 2.50. The summed E-state index contributed by atoms with van der Waals surface area (Å²) in [6.07, 6.45) is 3.16. The average Bonchev–Trinajstić information content (AvgIpc) is 2.14. The lowest BCUT2D eigenvalue weighted by atomic mass is 10.0. The molecule has 0 radical (unpaired) electrons. The zero-order valence-electron chi connectivity index (χ0n) is 7.91. The summed E-state index contributed by atoms with van der Waals surface area (Å²) in [7, 11) is 0. The minimum Gasteiger partial charge on any atom is -0.508 e. The van der Waals surface area contributed by atoms with Crippen molar-refractivity contribution in [2.45, 2.75) is 18.9 Å². The maximum Gasteiger partial charge on any atom is 0.131 e. The van der Waals surface area contributed by atoms with Crippen LogP contribution < -0.4 is 5.73 Å². The quantitative estimate of drug-likeness (QED) is 0.725.